The number of halogens is 1. The summed E-state index contributed by atoms with van der Waals surface area (Å²) >= 11 is 3.37. The lowest BCUT2D eigenvalue weighted by Crippen LogP contribution is -2.44. The molecular formula is C20H21BrN2O3. The van der Waals surface area contributed by atoms with E-state index < -0.39 is 5.54 Å². The molecule has 3 amide bonds. The fourth-order valence-electron chi connectivity index (χ4n) is 2.94. The summed E-state index contributed by atoms with van der Waals surface area (Å²) < 4.78 is 6.59. The standard InChI is InChI=1S/C20H21BrN2O3/c1-20(12-11-15-5-3-2-4-6-15)18(24)23(19(25)22-20)13-14-26-17-9-7-16(21)8-10-17/h2-10H,11-14H2,1H3,(H,22,25). The SMILES string of the molecule is CC1(CCc2ccccc2)NC(=O)N(CCOc2ccc(Br)cc2)C1=O. The normalized spacial score (nSPS) is 19.5. The lowest BCUT2D eigenvalue weighted by molar-refractivity contribution is -0.131. The summed E-state index contributed by atoms with van der Waals surface area (Å²) in [6.45, 7) is 2.27. The molecule has 0 saturated carbocycles. The first-order chi connectivity index (χ1) is 12.5. The van der Waals surface area contributed by atoms with E-state index in [-0.39, 0.29) is 25.1 Å². The monoisotopic (exact) mass is 416 g/mol. The number of ether oxygens (including phenoxy) is 1. The van der Waals surface area contributed by atoms with Gasteiger partial charge < -0.3 is 10.1 Å². The molecule has 1 atom stereocenters. The first-order valence-electron chi connectivity index (χ1n) is 8.54. The number of nitrogens with one attached hydrogen (secondary N) is 1. The Kier molecular flexibility index (Phi) is 5.61. The van der Waals surface area contributed by atoms with Crippen LogP contribution < -0.4 is 10.1 Å². The van der Waals surface area contributed by atoms with Gasteiger partial charge in [0.05, 0.1) is 6.54 Å². The van der Waals surface area contributed by atoms with Crippen LogP contribution in [0.3, 0.4) is 0 Å². The van der Waals surface area contributed by atoms with Crippen molar-refractivity contribution in [1.29, 1.82) is 0 Å². The number of amides is 3. The van der Waals surface area contributed by atoms with Gasteiger partial charge in [-0.3, -0.25) is 9.69 Å². The largest absolute Gasteiger partial charge is 0.492 e. The van der Waals surface area contributed by atoms with Gasteiger partial charge in [-0.05, 0) is 49.6 Å². The molecule has 1 unspecified atom stereocenters. The van der Waals surface area contributed by atoms with Crippen LogP contribution in [-0.4, -0.2) is 35.5 Å². The maximum absolute atomic E-state index is 12.7. The fraction of sp³-hybridized carbons (Fsp3) is 0.300. The van der Waals surface area contributed by atoms with Gasteiger partial charge in [0, 0.05) is 4.47 Å². The van der Waals surface area contributed by atoms with Gasteiger partial charge in [0.25, 0.3) is 5.91 Å². The molecule has 2 aromatic carbocycles. The number of carbonyl (C=O) groups is 2. The van der Waals surface area contributed by atoms with Gasteiger partial charge in [-0.25, -0.2) is 4.79 Å². The number of imide groups is 1. The summed E-state index contributed by atoms with van der Waals surface area (Å²) in [6, 6.07) is 17.0. The molecule has 5 nitrogen and oxygen atoms in total. The zero-order chi connectivity index (χ0) is 18.6. The highest BCUT2D eigenvalue weighted by molar-refractivity contribution is 9.10. The van der Waals surface area contributed by atoms with E-state index in [2.05, 4.69) is 21.2 Å². The molecule has 0 radical (unpaired) electrons. The first kappa shape index (κ1) is 18.5. The molecule has 6 heteroatoms. The van der Waals surface area contributed by atoms with Crippen LogP contribution in [0.4, 0.5) is 4.79 Å². The second kappa shape index (κ2) is 7.91. The van der Waals surface area contributed by atoms with Crippen LogP contribution >= 0.6 is 15.9 Å². The molecule has 1 aliphatic rings. The third-order valence-electron chi connectivity index (χ3n) is 4.50. The van der Waals surface area contributed by atoms with Crippen molar-refractivity contribution in [2.75, 3.05) is 13.2 Å². The van der Waals surface area contributed by atoms with Crippen LogP contribution in [0.5, 0.6) is 5.75 Å². The maximum Gasteiger partial charge on any atom is 0.325 e. The summed E-state index contributed by atoms with van der Waals surface area (Å²) in [5.74, 6) is 0.505. The third kappa shape index (κ3) is 4.25. The van der Waals surface area contributed by atoms with Gasteiger partial charge >= 0.3 is 6.03 Å². The Morgan fingerprint density at radius 3 is 2.46 bits per heavy atom. The molecule has 0 spiro atoms. The van der Waals surface area contributed by atoms with Crippen molar-refractivity contribution in [1.82, 2.24) is 10.2 Å². The Labute approximate surface area is 161 Å². The Balaban J connectivity index is 1.54. The molecule has 1 aliphatic heterocycles. The molecule has 0 bridgehead atoms. The molecule has 1 saturated heterocycles. The van der Waals surface area contributed by atoms with E-state index >= 15 is 0 Å². The molecule has 1 heterocycles. The van der Waals surface area contributed by atoms with Gasteiger partial charge in [0.1, 0.15) is 17.9 Å². The molecular weight excluding hydrogens is 396 g/mol. The summed E-state index contributed by atoms with van der Waals surface area (Å²) in [4.78, 5) is 26.2. The van der Waals surface area contributed by atoms with Crippen LogP contribution in [0.25, 0.3) is 0 Å². The minimum Gasteiger partial charge on any atom is -0.492 e. The average molecular weight is 417 g/mol. The summed E-state index contributed by atoms with van der Waals surface area (Å²) in [7, 11) is 0. The van der Waals surface area contributed by atoms with E-state index in [9.17, 15) is 9.59 Å². The molecule has 2 aromatic rings. The van der Waals surface area contributed by atoms with Crippen LogP contribution in [0.1, 0.15) is 18.9 Å². The van der Waals surface area contributed by atoms with E-state index in [1.807, 2.05) is 54.6 Å². The molecule has 136 valence electrons. The van der Waals surface area contributed by atoms with Crippen LogP contribution in [0, 0.1) is 0 Å². The Hall–Kier alpha value is -2.34. The van der Waals surface area contributed by atoms with E-state index in [0.29, 0.717) is 12.2 Å². The number of nitrogens with zero attached hydrogens (tertiary/aromatic N) is 1. The van der Waals surface area contributed by atoms with Crippen molar-refractivity contribution < 1.29 is 14.3 Å². The minimum absolute atomic E-state index is 0.196. The zero-order valence-corrected chi connectivity index (χ0v) is 16.2. The number of urea groups is 1. The number of rotatable bonds is 7. The smallest absolute Gasteiger partial charge is 0.325 e. The van der Waals surface area contributed by atoms with Gasteiger partial charge in [-0.1, -0.05) is 46.3 Å². The molecule has 0 aromatic heterocycles. The van der Waals surface area contributed by atoms with Crippen LogP contribution in [0.15, 0.2) is 59.1 Å². The quantitative estimate of drug-likeness (QED) is 0.698. The topological polar surface area (TPSA) is 58.6 Å². The Morgan fingerprint density at radius 2 is 1.77 bits per heavy atom. The number of hydrogen-bond acceptors (Lipinski definition) is 3. The van der Waals surface area contributed by atoms with Crippen molar-refractivity contribution in [3.05, 3.63) is 64.6 Å². The highest BCUT2D eigenvalue weighted by atomic mass is 79.9. The highest BCUT2D eigenvalue weighted by Gasteiger charge is 2.47. The highest BCUT2D eigenvalue weighted by Crippen LogP contribution is 2.23. The van der Waals surface area contributed by atoms with Crippen molar-refractivity contribution >= 4 is 27.9 Å². The van der Waals surface area contributed by atoms with Crippen molar-refractivity contribution in [2.45, 2.75) is 25.3 Å². The van der Waals surface area contributed by atoms with Gasteiger partial charge in [0.2, 0.25) is 0 Å². The van der Waals surface area contributed by atoms with E-state index in [4.69, 9.17) is 4.74 Å². The van der Waals surface area contributed by atoms with E-state index in [1.165, 1.54) is 4.90 Å². The predicted octanol–water partition coefficient (Wildman–Crippen LogP) is 3.77. The number of hydrogen-bond donors (Lipinski definition) is 1. The van der Waals surface area contributed by atoms with Crippen molar-refractivity contribution in [3.8, 4) is 5.75 Å². The van der Waals surface area contributed by atoms with Gasteiger partial charge in [0.15, 0.2) is 0 Å². The predicted molar refractivity (Wildman–Crippen MR) is 103 cm³/mol. The Morgan fingerprint density at radius 1 is 1.08 bits per heavy atom. The molecule has 1 N–H and O–H groups in total. The second-order valence-electron chi connectivity index (χ2n) is 6.51. The number of aryl methyl sites for hydroxylation is 1. The summed E-state index contributed by atoms with van der Waals surface area (Å²) in [6.07, 6.45) is 1.29. The van der Waals surface area contributed by atoms with Crippen LogP contribution in [-0.2, 0) is 11.2 Å². The van der Waals surface area contributed by atoms with E-state index in [1.54, 1.807) is 6.92 Å². The zero-order valence-electron chi connectivity index (χ0n) is 14.6. The summed E-state index contributed by atoms with van der Waals surface area (Å²) in [5, 5.41) is 2.83. The number of benzene rings is 2. The number of carbonyl (C=O) groups excluding carboxylic acids is 2. The van der Waals surface area contributed by atoms with Crippen molar-refractivity contribution in [2.24, 2.45) is 0 Å². The fourth-order valence-corrected chi connectivity index (χ4v) is 3.21. The minimum atomic E-state index is -0.871. The van der Waals surface area contributed by atoms with Crippen LogP contribution in [0.2, 0.25) is 0 Å². The summed E-state index contributed by atoms with van der Waals surface area (Å²) in [5.41, 5.74) is 0.276. The first-order valence-corrected chi connectivity index (χ1v) is 9.34. The van der Waals surface area contributed by atoms with Crippen molar-refractivity contribution in [3.63, 3.8) is 0 Å². The second-order valence-corrected chi connectivity index (χ2v) is 7.42. The van der Waals surface area contributed by atoms with Gasteiger partial charge in [-0.2, -0.15) is 0 Å². The lowest BCUT2D eigenvalue weighted by atomic mass is 9.93. The molecule has 3 rings (SSSR count). The third-order valence-corrected chi connectivity index (χ3v) is 5.03. The molecule has 0 aliphatic carbocycles. The Bertz CT molecular complexity index is 779. The molecule has 26 heavy (non-hydrogen) atoms. The average Bonchev–Trinajstić information content (AvgIpc) is 2.86. The van der Waals surface area contributed by atoms with Gasteiger partial charge in [-0.15, -0.1) is 0 Å². The van der Waals surface area contributed by atoms with E-state index in [0.717, 1.165) is 16.5 Å². The lowest BCUT2D eigenvalue weighted by Gasteiger charge is -2.21. The molecule has 1 fully saturated rings. The maximum atomic E-state index is 12.7.